The van der Waals surface area contributed by atoms with E-state index in [1.165, 1.54) is 37.8 Å². The molecule has 0 spiro atoms. The molecule has 1 N–H and O–H groups in total. The molecule has 1 aromatic rings. The van der Waals surface area contributed by atoms with Crippen LogP contribution in [0.5, 0.6) is 0 Å². The predicted octanol–water partition coefficient (Wildman–Crippen LogP) is 3.82. The molecule has 2 nitrogen and oxygen atoms in total. The number of piperidine rings is 1. The van der Waals surface area contributed by atoms with Gasteiger partial charge in [0, 0.05) is 24.7 Å². The van der Waals surface area contributed by atoms with Gasteiger partial charge in [0.1, 0.15) is 0 Å². The van der Waals surface area contributed by atoms with Gasteiger partial charge >= 0.3 is 0 Å². The minimum Gasteiger partial charge on any atom is -0.314 e. The predicted molar refractivity (Wildman–Crippen MR) is 86.8 cm³/mol. The molecule has 2 unspecified atom stereocenters. The highest BCUT2D eigenvalue weighted by Crippen LogP contribution is 2.19. The van der Waals surface area contributed by atoms with E-state index in [0.29, 0.717) is 12.1 Å². The second-order valence-corrected chi connectivity index (χ2v) is 6.48. The molecule has 20 heavy (non-hydrogen) atoms. The highest BCUT2D eigenvalue weighted by molar-refractivity contribution is 5.14. The first-order chi connectivity index (χ1) is 9.66. The first-order valence-electron chi connectivity index (χ1n) is 8.20. The number of hydrogen-bond acceptors (Lipinski definition) is 2. The lowest BCUT2D eigenvalue weighted by Crippen LogP contribution is -2.44. The highest BCUT2D eigenvalue weighted by Gasteiger charge is 2.22. The summed E-state index contributed by atoms with van der Waals surface area (Å²) in [6.07, 6.45) is 5.36. The standard InChI is InChI=1S/C18H30N2/c1-15(2)20(14-17-9-5-4-6-10-17)16(3)13-18-11-7-8-12-19-18/h4-6,9-10,15-16,18-19H,7-8,11-14H2,1-3H3. The monoisotopic (exact) mass is 274 g/mol. The smallest absolute Gasteiger partial charge is 0.0239 e. The van der Waals surface area contributed by atoms with Crippen LogP contribution in [-0.2, 0) is 6.54 Å². The van der Waals surface area contributed by atoms with Crippen LogP contribution in [0.4, 0.5) is 0 Å². The third-order valence-corrected chi connectivity index (χ3v) is 4.48. The van der Waals surface area contributed by atoms with Crippen LogP contribution in [0.25, 0.3) is 0 Å². The second-order valence-electron chi connectivity index (χ2n) is 6.48. The molecule has 1 aliphatic rings. The second kappa shape index (κ2) is 7.80. The van der Waals surface area contributed by atoms with Gasteiger partial charge in [-0.1, -0.05) is 36.8 Å². The highest BCUT2D eigenvalue weighted by atomic mass is 15.2. The van der Waals surface area contributed by atoms with Crippen LogP contribution < -0.4 is 5.32 Å². The first kappa shape index (κ1) is 15.5. The summed E-state index contributed by atoms with van der Waals surface area (Å²) >= 11 is 0. The Hall–Kier alpha value is -0.860. The van der Waals surface area contributed by atoms with E-state index in [4.69, 9.17) is 0 Å². The summed E-state index contributed by atoms with van der Waals surface area (Å²) in [5.74, 6) is 0. The maximum Gasteiger partial charge on any atom is 0.0239 e. The van der Waals surface area contributed by atoms with E-state index in [9.17, 15) is 0 Å². The van der Waals surface area contributed by atoms with Crippen molar-refractivity contribution in [2.24, 2.45) is 0 Å². The average molecular weight is 274 g/mol. The lowest BCUT2D eigenvalue weighted by Gasteiger charge is -2.36. The van der Waals surface area contributed by atoms with Gasteiger partial charge in [0.25, 0.3) is 0 Å². The Bertz CT molecular complexity index is 368. The van der Waals surface area contributed by atoms with Crippen molar-refractivity contribution in [2.45, 2.75) is 71.1 Å². The van der Waals surface area contributed by atoms with Gasteiger partial charge in [0.15, 0.2) is 0 Å². The minimum atomic E-state index is 0.591. The minimum absolute atomic E-state index is 0.591. The zero-order chi connectivity index (χ0) is 14.4. The van der Waals surface area contributed by atoms with Crippen molar-refractivity contribution in [2.75, 3.05) is 6.54 Å². The summed E-state index contributed by atoms with van der Waals surface area (Å²) in [5, 5.41) is 3.68. The molecule has 1 aliphatic heterocycles. The lowest BCUT2D eigenvalue weighted by atomic mass is 9.97. The zero-order valence-corrected chi connectivity index (χ0v) is 13.3. The van der Waals surface area contributed by atoms with Crippen molar-refractivity contribution < 1.29 is 0 Å². The first-order valence-corrected chi connectivity index (χ1v) is 8.20. The Labute approximate surface area is 124 Å². The molecule has 0 radical (unpaired) electrons. The van der Waals surface area contributed by atoms with E-state index < -0.39 is 0 Å². The van der Waals surface area contributed by atoms with Gasteiger partial charge in [-0.05, 0) is 52.1 Å². The van der Waals surface area contributed by atoms with Crippen LogP contribution in [0, 0.1) is 0 Å². The van der Waals surface area contributed by atoms with Crippen LogP contribution >= 0.6 is 0 Å². The Kier molecular flexibility index (Phi) is 6.06. The van der Waals surface area contributed by atoms with Crippen molar-refractivity contribution in [3.8, 4) is 0 Å². The molecule has 0 saturated carbocycles. The normalized spacial score (nSPS) is 21.4. The summed E-state index contributed by atoms with van der Waals surface area (Å²) in [7, 11) is 0. The van der Waals surface area contributed by atoms with Gasteiger partial charge in [0.05, 0.1) is 0 Å². The molecule has 0 aliphatic carbocycles. The summed E-state index contributed by atoms with van der Waals surface area (Å²) in [4.78, 5) is 2.63. The van der Waals surface area contributed by atoms with Crippen molar-refractivity contribution in [3.05, 3.63) is 35.9 Å². The summed E-state index contributed by atoms with van der Waals surface area (Å²) in [6.45, 7) is 9.28. The number of nitrogens with zero attached hydrogens (tertiary/aromatic N) is 1. The Morgan fingerprint density at radius 2 is 1.90 bits per heavy atom. The molecule has 2 heteroatoms. The third-order valence-electron chi connectivity index (χ3n) is 4.48. The molecule has 1 saturated heterocycles. The number of rotatable bonds is 6. The topological polar surface area (TPSA) is 15.3 Å². The molecule has 112 valence electrons. The van der Waals surface area contributed by atoms with E-state index in [1.807, 2.05) is 0 Å². The molecular weight excluding hydrogens is 244 g/mol. The van der Waals surface area contributed by atoms with Crippen molar-refractivity contribution in [1.82, 2.24) is 10.2 Å². The maximum absolute atomic E-state index is 3.68. The Morgan fingerprint density at radius 1 is 1.15 bits per heavy atom. The van der Waals surface area contributed by atoms with Gasteiger partial charge < -0.3 is 5.32 Å². The van der Waals surface area contributed by atoms with Gasteiger partial charge in [0.2, 0.25) is 0 Å². The molecule has 1 heterocycles. The van der Waals surface area contributed by atoms with Gasteiger partial charge in [-0.2, -0.15) is 0 Å². The summed E-state index contributed by atoms with van der Waals surface area (Å²) in [5.41, 5.74) is 1.42. The maximum atomic E-state index is 3.68. The van der Waals surface area contributed by atoms with Gasteiger partial charge in [-0.15, -0.1) is 0 Å². The van der Waals surface area contributed by atoms with Crippen LogP contribution in [0.3, 0.4) is 0 Å². The third kappa shape index (κ3) is 4.60. The molecule has 0 aromatic heterocycles. The Morgan fingerprint density at radius 3 is 2.50 bits per heavy atom. The van der Waals surface area contributed by atoms with E-state index >= 15 is 0 Å². The fourth-order valence-corrected chi connectivity index (χ4v) is 3.31. The van der Waals surface area contributed by atoms with Crippen molar-refractivity contribution >= 4 is 0 Å². The molecule has 2 atom stereocenters. The molecule has 1 fully saturated rings. The van der Waals surface area contributed by atoms with E-state index in [-0.39, 0.29) is 0 Å². The van der Waals surface area contributed by atoms with E-state index in [2.05, 4.69) is 61.3 Å². The SMILES string of the molecule is CC(C)N(Cc1ccccc1)C(C)CC1CCCCN1. The Balaban J connectivity index is 1.93. The largest absolute Gasteiger partial charge is 0.314 e. The lowest BCUT2D eigenvalue weighted by molar-refractivity contribution is 0.134. The van der Waals surface area contributed by atoms with Crippen LogP contribution in [0.15, 0.2) is 30.3 Å². The molecule has 2 rings (SSSR count). The quantitative estimate of drug-likeness (QED) is 0.848. The number of benzene rings is 1. The average Bonchev–Trinajstić information content (AvgIpc) is 2.46. The van der Waals surface area contributed by atoms with Crippen molar-refractivity contribution in [3.63, 3.8) is 0 Å². The summed E-state index contributed by atoms with van der Waals surface area (Å²) < 4.78 is 0. The zero-order valence-electron chi connectivity index (χ0n) is 13.3. The molecule has 0 bridgehead atoms. The number of nitrogens with one attached hydrogen (secondary N) is 1. The van der Waals surface area contributed by atoms with Crippen LogP contribution in [0.1, 0.15) is 52.0 Å². The number of hydrogen-bond donors (Lipinski definition) is 1. The fourth-order valence-electron chi connectivity index (χ4n) is 3.31. The van der Waals surface area contributed by atoms with Crippen LogP contribution in [0.2, 0.25) is 0 Å². The molecule has 1 aromatic carbocycles. The molecule has 0 amide bonds. The molecular formula is C18H30N2. The van der Waals surface area contributed by atoms with Gasteiger partial charge in [-0.25, -0.2) is 0 Å². The fraction of sp³-hybridized carbons (Fsp3) is 0.667. The van der Waals surface area contributed by atoms with E-state index in [0.717, 1.165) is 12.6 Å². The summed E-state index contributed by atoms with van der Waals surface area (Å²) in [6, 6.07) is 12.8. The van der Waals surface area contributed by atoms with Crippen LogP contribution in [-0.4, -0.2) is 29.6 Å². The van der Waals surface area contributed by atoms with Gasteiger partial charge in [-0.3, -0.25) is 4.90 Å². The van der Waals surface area contributed by atoms with Crippen molar-refractivity contribution in [1.29, 1.82) is 0 Å². The van der Waals surface area contributed by atoms with E-state index in [1.54, 1.807) is 0 Å².